The van der Waals surface area contributed by atoms with Crippen LogP contribution in [0.1, 0.15) is 32.5 Å². The van der Waals surface area contributed by atoms with Gasteiger partial charge in [0.1, 0.15) is 17.3 Å². The molecule has 0 unspecified atom stereocenters. The molecule has 0 spiro atoms. The van der Waals surface area contributed by atoms with Crippen molar-refractivity contribution in [3.8, 4) is 11.3 Å². The van der Waals surface area contributed by atoms with Gasteiger partial charge in [0.15, 0.2) is 0 Å². The Bertz CT molecular complexity index is 607. The Morgan fingerprint density at radius 2 is 2.05 bits per heavy atom. The largest absolute Gasteiger partial charge is 0.383 e. The molecule has 0 saturated carbocycles. The van der Waals surface area contributed by atoms with Crippen molar-refractivity contribution >= 4 is 33.3 Å². The molecule has 0 radical (unpaired) electrons. The van der Waals surface area contributed by atoms with Gasteiger partial charge in [0.2, 0.25) is 0 Å². The van der Waals surface area contributed by atoms with Crippen LogP contribution < -0.4 is 5.73 Å². The van der Waals surface area contributed by atoms with E-state index in [0.29, 0.717) is 5.02 Å². The van der Waals surface area contributed by atoms with Crippen LogP contribution in [0.3, 0.4) is 0 Å². The Balaban J connectivity index is 2.56. The Morgan fingerprint density at radius 3 is 2.70 bits per heavy atom. The van der Waals surface area contributed by atoms with Crippen LogP contribution in [0.25, 0.3) is 11.3 Å². The summed E-state index contributed by atoms with van der Waals surface area (Å²) in [6, 6.07) is 5.67. The Labute approximate surface area is 133 Å². The molecule has 1 aromatic heterocycles. The third-order valence-corrected chi connectivity index (χ3v) is 4.12. The van der Waals surface area contributed by atoms with E-state index in [0.717, 1.165) is 53.2 Å². The highest BCUT2D eigenvalue weighted by molar-refractivity contribution is 9.10. The van der Waals surface area contributed by atoms with E-state index in [1.807, 2.05) is 18.2 Å². The molecule has 1 heterocycles. The normalized spacial score (nSPS) is 11.0. The van der Waals surface area contributed by atoms with Crippen molar-refractivity contribution in [2.45, 2.75) is 39.7 Å². The SMILES string of the molecule is CCCc1nc(-c2cc(Cl)ccc2Br)c(N)n1CCC. The highest BCUT2D eigenvalue weighted by Gasteiger charge is 2.17. The Kier molecular flexibility index (Phi) is 5.11. The average Bonchev–Trinajstić information content (AvgIpc) is 2.71. The van der Waals surface area contributed by atoms with E-state index in [4.69, 9.17) is 22.3 Å². The highest BCUT2D eigenvalue weighted by Crippen LogP contribution is 2.34. The number of nitrogens with two attached hydrogens (primary N) is 1. The maximum atomic E-state index is 6.31. The number of hydrogen-bond donors (Lipinski definition) is 1. The van der Waals surface area contributed by atoms with Gasteiger partial charge in [-0.05, 0) is 31.0 Å². The number of nitrogens with zero attached hydrogens (tertiary/aromatic N) is 2. The van der Waals surface area contributed by atoms with E-state index in [2.05, 4.69) is 34.3 Å². The number of hydrogen-bond acceptors (Lipinski definition) is 2. The number of anilines is 1. The zero-order valence-electron chi connectivity index (χ0n) is 11.8. The highest BCUT2D eigenvalue weighted by atomic mass is 79.9. The lowest BCUT2D eigenvalue weighted by Crippen LogP contribution is -2.06. The van der Waals surface area contributed by atoms with Gasteiger partial charge >= 0.3 is 0 Å². The van der Waals surface area contributed by atoms with E-state index in [9.17, 15) is 0 Å². The van der Waals surface area contributed by atoms with Gasteiger partial charge in [0.05, 0.1) is 0 Å². The summed E-state index contributed by atoms with van der Waals surface area (Å²) >= 11 is 9.64. The van der Waals surface area contributed by atoms with Crippen LogP contribution in [0.2, 0.25) is 5.02 Å². The maximum absolute atomic E-state index is 6.31. The molecule has 0 bridgehead atoms. The first kappa shape index (κ1) is 15.4. The average molecular weight is 357 g/mol. The molecule has 20 heavy (non-hydrogen) atoms. The molecule has 0 aliphatic rings. The maximum Gasteiger partial charge on any atom is 0.131 e. The molecule has 0 atom stereocenters. The van der Waals surface area contributed by atoms with Crippen molar-refractivity contribution in [1.82, 2.24) is 9.55 Å². The lowest BCUT2D eigenvalue weighted by Gasteiger charge is -2.08. The van der Waals surface area contributed by atoms with Crippen molar-refractivity contribution in [1.29, 1.82) is 0 Å². The van der Waals surface area contributed by atoms with E-state index < -0.39 is 0 Å². The molecule has 3 nitrogen and oxygen atoms in total. The number of imidazole rings is 1. The predicted octanol–water partition coefficient (Wildman–Crippen LogP) is 4.91. The van der Waals surface area contributed by atoms with Crippen LogP contribution >= 0.6 is 27.5 Å². The minimum Gasteiger partial charge on any atom is -0.383 e. The fourth-order valence-electron chi connectivity index (χ4n) is 2.28. The summed E-state index contributed by atoms with van der Waals surface area (Å²) in [7, 11) is 0. The van der Waals surface area contributed by atoms with Gasteiger partial charge in [-0.2, -0.15) is 0 Å². The van der Waals surface area contributed by atoms with Crippen molar-refractivity contribution in [2.75, 3.05) is 5.73 Å². The van der Waals surface area contributed by atoms with Gasteiger partial charge in [0.25, 0.3) is 0 Å². The quantitative estimate of drug-likeness (QED) is 0.827. The molecule has 0 aliphatic heterocycles. The molecule has 5 heteroatoms. The van der Waals surface area contributed by atoms with E-state index >= 15 is 0 Å². The first-order valence-corrected chi connectivity index (χ1v) is 8.05. The van der Waals surface area contributed by atoms with Crippen LogP contribution in [0.4, 0.5) is 5.82 Å². The minimum absolute atomic E-state index is 0.685. The number of benzene rings is 1. The zero-order valence-corrected chi connectivity index (χ0v) is 14.1. The van der Waals surface area contributed by atoms with Gasteiger partial charge in [-0.15, -0.1) is 0 Å². The van der Waals surface area contributed by atoms with Crippen molar-refractivity contribution in [3.05, 3.63) is 33.5 Å². The number of aryl methyl sites for hydroxylation is 1. The van der Waals surface area contributed by atoms with Gasteiger partial charge in [-0.1, -0.05) is 41.4 Å². The molecular weight excluding hydrogens is 338 g/mol. The van der Waals surface area contributed by atoms with E-state index in [1.54, 1.807) is 0 Å². The van der Waals surface area contributed by atoms with Crippen LogP contribution in [-0.2, 0) is 13.0 Å². The molecule has 108 valence electrons. The topological polar surface area (TPSA) is 43.8 Å². The van der Waals surface area contributed by atoms with Crippen molar-refractivity contribution in [3.63, 3.8) is 0 Å². The molecule has 2 aromatic rings. The third kappa shape index (κ3) is 3.01. The predicted molar refractivity (Wildman–Crippen MR) is 89.1 cm³/mol. The van der Waals surface area contributed by atoms with Gasteiger partial charge < -0.3 is 10.3 Å². The van der Waals surface area contributed by atoms with Crippen LogP contribution in [0, 0.1) is 0 Å². The summed E-state index contributed by atoms with van der Waals surface area (Å²) in [6.45, 7) is 5.19. The fraction of sp³-hybridized carbons (Fsp3) is 0.400. The lowest BCUT2D eigenvalue weighted by molar-refractivity contribution is 0.637. The summed E-state index contributed by atoms with van der Waals surface area (Å²) in [5.41, 5.74) is 8.07. The second kappa shape index (κ2) is 6.64. The van der Waals surface area contributed by atoms with E-state index in [-0.39, 0.29) is 0 Å². The molecule has 1 aromatic carbocycles. The summed E-state index contributed by atoms with van der Waals surface area (Å²) in [6.07, 6.45) is 3.02. The first-order valence-electron chi connectivity index (χ1n) is 6.88. The van der Waals surface area contributed by atoms with Crippen LogP contribution in [0.5, 0.6) is 0 Å². The third-order valence-electron chi connectivity index (χ3n) is 3.19. The number of nitrogen functional groups attached to an aromatic ring is 1. The van der Waals surface area contributed by atoms with E-state index in [1.165, 1.54) is 0 Å². The number of aromatic nitrogens is 2. The zero-order chi connectivity index (χ0) is 14.7. The second-order valence-corrected chi connectivity index (χ2v) is 6.08. The lowest BCUT2D eigenvalue weighted by atomic mass is 10.1. The fourth-order valence-corrected chi connectivity index (χ4v) is 2.88. The van der Waals surface area contributed by atoms with Gasteiger partial charge in [-0.25, -0.2) is 4.98 Å². The molecule has 2 rings (SSSR count). The van der Waals surface area contributed by atoms with Crippen molar-refractivity contribution in [2.24, 2.45) is 0 Å². The second-order valence-electron chi connectivity index (χ2n) is 4.79. The Hall–Kier alpha value is -1.00. The molecule has 0 fully saturated rings. The van der Waals surface area contributed by atoms with Gasteiger partial charge in [-0.3, -0.25) is 0 Å². The number of rotatable bonds is 5. The molecule has 2 N–H and O–H groups in total. The first-order chi connectivity index (χ1) is 9.58. The van der Waals surface area contributed by atoms with Gasteiger partial charge in [0, 0.05) is 28.0 Å². The molecule has 0 saturated heterocycles. The summed E-state index contributed by atoms with van der Waals surface area (Å²) in [5.74, 6) is 1.77. The van der Waals surface area contributed by atoms with Crippen LogP contribution in [0.15, 0.2) is 22.7 Å². The van der Waals surface area contributed by atoms with Crippen molar-refractivity contribution < 1.29 is 0 Å². The molecular formula is C15H19BrClN3. The number of halogens is 2. The summed E-state index contributed by atoms with van der Waals surface area (Å²) in [4.78, 5) is 4.74. The minimum atomic E-state index is 0.685. The smallest absolute Gasteiger partial charge is 0.131 e. The monoisotopic (exact) mass is 355 g/mol. The Morgan fingerprint density at radius 1 is 1.30 bits per heavy atom. The standard InChI is InChI=1S/C15H19BrClN3/c1-3-5-13-19-14(15(18)20(13)8-4-2)11-9-10(17)6-7-12(11)16/h6-7,9H,3-5,8,18H2,1-2H3. The summed E-state index contributed by atoms with van der Waals surface area (Å²) < 4.78 is 3.07. The molecule has 0 amide bonds. The molecule has 0 aliphatic carbocycles. The van der Waals surface area contributed by atoms with Crippen LogP contribution in [-0.4, -0.2) is 9.55 Å². The summed E-state index contributed by atoms with van der Waals surface area (Å²) in [5, 5.41) is 0.685.